The quantitative estimate of drug-likeness (QED) is 0.348. The van der Waals surface area contributed by atoms with E-state index in [-0.39, 0.29) is 36.4 Å². The first kappa shape index (κ1) is 24.8. The molecule has 3 heterocycles. The zero-order valence-electron chi connectivity index (χ0n) is 19.4. The maximum Gasteiger partial charge on any atom is 0.573 e. The third-order valence-electron chi connectivity index (χ3n) is 5.72. The zero-order valence-corrected chi connectivity index (χ0v) is 20.2. The lowest BCUT2D eigenvalue weighted by Crippen LogP contribution is -2.49. The van der Waals surface area contributed by atoms with Crippen molar-refractivity contribution < 1.29 is 32.2 Å². The molecule has 0 aliphatic carbocycles. The number of hydrogen-bond donors (Lipinski definition) is 0. The number of nitrogens with zero attached hydrogens (tertiary/aromatic N) is 4. The van der Waals surface area contributed by atoms with Crippen molar-refractivity contribution >= 4 is 34.1 Å². The molecule has 1 fully saturated rings. The smallest absolute Gasteiger partial charge is 0.489 e. The number of pyridine rings is 1. The minimum absolute atomic E-state index is 0.0584. The van der Waals surface area contributed by atoms with E-state index in [1.54, 1.807) is 16.9 Å². The van der Waals surface area contributed by atoms with Crippen molar-refractivity contribution in [1.82, 2.24) is 14.8 Å². The van der Waals surface area contributed by atoms with Crippen LogP contribution < -0.4 is 14.4 Å². The number of aryl methyl sites for hydroxylation is 1. The lowest BCUT2D eigenvalue weighted by atomic mass is 10.1. The highest BCUT2D eigenvalue weighted by molar-refractivity contribution is 6.34. The van der Waals surface area contributed by atoms with Crippen LogP contribution in [-0.2, 0) is 16.6 Å². The van der Waals surface area contributed by atoms with E-state index in [1.165, 1.54) is 11.0 Å². The van der Waals surface area contributed by atoms with Crippen LogP contribution in [0.5, 0.6) is 11.5 Å². The van der Waals surface area contributed by atoms with E-state index in [0.717, 1.165) is 28.8 Å². The summed E-state index contributed by atoms with van der Waals surface area (Å²) in [5, 5.41) is 5.28. The number of amides is 1. The molecule has 12 heteroatoms. The Hall–Kier alpha value is -3.83. The zero-order chi connectivity index (χ0) is 26.2. The van der Waals surface area contributed by atoms with E-state index in [9.17, 15) is 18.0 Å². The molecule has 1 saturated heterocycles. The van der Waals surface area contributed by atoms with Gasteiger partial charge in [0.2, 0.25) is 0 Å². The van der Waals surface area contributed by atoms with Gasteiger partial charge in [0.1, 0.15) is 36.3 Å². The monoisotopic (exact) mass is 532 g/mol. The summed E-state index contributed by atoms with van der Waals surface area (Å²) in [7, 11) is 1.84. The van der Waals surface area contributed by atoms with Gasteiger partial charge in [-0.1, -0.05) is 17.7 Å². The number of alkyl halides is 3. The van der Waals surface area contributed by atoms with E-state index >= 15 is 0 Å². The molecule has 4 aromatic rings. The van der Waals surface area contributed by atoms with Crippen molar-refractivity contribution in [3.05, 3.63) is 65.9 Å². The predicted octanol–water partition coefficient (Wildman–Crippen LogP) is 5.00. The molecule has 2 aromatic carbocycles. The van der Waals surface area contributed by atoms with Crippen molar-refractivity contribution in [2.45, 2.75) is 12.5 Å². The van der Waals surface area contributed by atoms with Gasteiger partial charge in [-0.05, 0) is 36.4 Å². The largest absolute Gasteiger partial charge is 0.573 e. The molecule has 1 aliphatic rings. The van der Waals surface area contributed by atoms with E-state index in [0.29, 0.717) is 11.3 Å². The van der Waals surface area contributed by atoms with Crippen molar-refractivity contribution in [2.24, 2.45) is 7.05 Å². The van der Waals surface area contributed by atoms with Crippen LogP contribution in [0.1, 0.15) is 0 Å². The van der Waals surface area contributed by atoms with Crippen molar-refractivity contribution in [3.8, 4) is 22.8 Å². The summed E-state index contributed by atoms with van der Waals surface area (Å²) in [4.78, 5) is 18.3. The summed E-state index contributed by atoms with van der Waals surface area (Å²) in [6.07, 6.45) is -1.84. The molecule has 0 bridgehead atoms. The highest BCUT2D eigenvalue weighted by atomic mass is 35.5. The van der Waals surface area contributed by atoms with Gasteiger partial charge < -0.3 is 19.1 Å². The molecule has 5 rings (SSSR count). The number of fused-ring (bicyclic) bond motifs is 1. The fourth-order valence-corrected chi connectivity index (χ4v) is 4.36. The molecule has 0 unspecified atom stereocenters. The summed E-state index contributed by atoms with van der Waals surface area (Å²) in [6.45, 7) is -0.0382. The van der Waals surface area contributed by atoms with E-state index < -0.39 is 18.2 Å². The number of halogens is 4. The van der Waals surface area contributed by atoms with Gasteiger partial charge in [-0.3, -0.25) is 14.5 Å². The minimum atomic E-state index is -4.85. The van der Waals surface area contributed by atoms with Crippen LogP contribution in [0.2, 0.25) is 5.02 Å². The number of hydrogen-bond acceptors (Lipinski definition) is 6. The molecule has 37 heavy (non-hydrogen) atoms. The molecule has 0 saturated carbocycles. The Labute approximate surface area is 214 Å². The van der Waals surface area contributed by atoms with Crippen LogP contribution >= 0.6 is 11.6 Å². The summed E-state index contributed by atoms with van der Waals surface area (Å²) >= 11 is 6.18. The number of rotatable bonds is 6. The van der Waals surface area contributed by atoms with Gasteiger partial charge in [0, 0.05) is 36.5 Å². The van der Waals surface area contributed by atoms with Gasteiger partial charge in [0.05, 0.1) is 22.9 Å². The normalized spacial score (nSPS) is 16.3. The molecular formula is C25H20ClF3N4O4. The molecule has 0 N–H and O–H groups in total. The highest BCUT2D eigenvalue weighted by Gasteiger charge is 2.33. The molecular weight excluding hydrogens is 513 g/mol. The number of carbonyl (C=O) groups excluding carboxylic acids is 1. The van der Waals surface area contributed by atoms with Crippen LogP contribution in [0.4, 0.5) is 18.9 Å². The van der Waals surface area contributed by atoms with Crippen LogP contribution in [0.3, 0.4) is 0 Å². The van der Waals surface area contributed by atoms with E-state index in [1.807, 2.05) is 37.5 Å². The number of morpholine rings is 1. The number of aromatic nitrogens is 3. The maximum absolute atomic E-state index is 12.5. The van der Waals surface area contributed by atoms with Crippen molar-refractivity contribution in [2.75, 3.05) is 24.7 Å². The number of benzene rings is 2. The van der Waals surface area contributed by atoms with Crippen LogP contribution in [0.25, 0.3) is 22.2 Å². The second kappa shape index (κ2) is 9.91. The van der Waals surface area contributed by atoms with Gasteiger partial charge in [-0.25, -0.2) is 0 Å². The second-order valence-electron chi connectivity index (χ2n) is 8.29. The van der Waals surface area contributed by atoms with Crippen LogP contribution in [-0.4, -0.2) is 52.9 Å². The van der Waals surface area contributed by atoms with Crippen LogP contribution in [0, 0.1) is 0 Å². The highest BCUT2D eigenvalue weighted by Crippen LogP contribution is 2.35. The third-order valence-corrected chi connectivity index (χ3v) is 6.02. The Bertz CT molecular complexity index is 1460. The van der Waals surface area contributed by atoms with Crippen LogP contribution in [0.15, 0.2) is 60.9 Å². The summed E-state index contributed by atoms with van der Waals surface area (Å²) in [6, 6.07) is 12.8. The fourth-order valence-electron chi connectivity index (χ4n) is 4.09. The predicted molar refractivity (Wildman–Crippen MR) is 130 cm³/mol. The van der Waals surface area contributed by atoms with Gasteiger partial charge in [0.25, 0.3) is 5.91 Å². The Morgan fingerprint density at radius 2 is 2.03 bits per heavy atom. The Morgan fingerprint density at radius 3 is 2.76 bits per heavy atom. The van der Waals surface area contributed by atoms with E-state index in [4.69, 9.17) is 21.1 Å². The average molecular weight is 533 g/mol. The first-order valence-corrected chi connectivity index (χ1v) is 11.5. The van der Waals surface area contributed by atoms with Gasteiger partial charge >= 0.3 is 6.36 Å². The number of ether oxygens (including phenoxy) is 3. The number of carbonyl (C=O) groups is 1. The molecule has 2 aromatic heterocycles. The average Bonchev–Trinajstić information content (AvgIpc) is 3.28. The van der Waals surface area contributed by atoms with E-state index in [2.05, 4.69) is 14.8 Å². The third kappa shape index (κ3) is 5.47. The molecule has 192 valence electrons. The summed E-state index contributed by atoms with van der Waals surface area (Å²) in [5.41, 5.74) is 2.62. The molecule has 8 nitrogen and oxygen atoms in total. The second-order valence-corrected chi connectivity index (χ2v) is 8.70. The molecule has 1 atom stereocenters. The van der Waals surface area contributed by atoms with Gasteiger partial charge in [0.15, 0.2) is 0 Å². The van der Waals surface area contributed by atoms with Gasteiger partial charge in [-0.2, -0.15) is 5.10 Å². The standard InChI is InChI=1S/C25H20ClF3N4O4/c1-32-10-8-20(31-32)17-5-7-22(24-18(17)3-2-9-30-24)36-13-16-12-33(23(34)14-35-16)21-6-4-15(11-19(21)26)37-25(27,28)29/h2-11,16H,12-14H2,1H3/t16-/m0/s1. The Balaban J connectivity index is 1.32. The Kier molecular flexibility index (Phi) is 6.65. The first-order chi connectivity index (χ1) is 17.7. The molecule has 1 amide bonds. The van der Waals surface area contributed by atoms with Gasteiger partial charge in [-0.15, -0.1) is 13.2 Å². The van der Waals surface area contributed by atoms with Crippen molar-refractivity contribution in [1.29, 1.82) is 0 Å². The molecule has 0 spiro atoms. The fraction of sp³-hybridized carbons (Fsp3) is 0.240. The van der Waals surface area contributed by atoms with Crippen molar-refractivity contribution in [3.63, 3.8) is 0 Å². The number of anilines is 1. The first-order valence-electron chi connectivity index (χ1n) is 11.2. The topological polar surface area (TPSA) is 78.7 Å². The minimum Gasteiger partial charge on any atom is -0.489 e. The maximum atomic E-state index is 12.5. The molecule has 1 aliphatic heterocycles. The summed E-state index contributed by atoms with van der Waals surface area (Å²) < 4.78 is 54.8. The lowest BCUT2D eigenvalue weighted by molar-refractivity contribution is -0.274. The lowest BCUT2D eigenvalue weighted by Gasteiger charge is -2.33. The summed E-state index contributed by atoms with van der Waals surface area (Å²) in [5.74, 6) is -0.321. The Morgan fingerprint density at radius 1 is 1.19 bits per heavy atom. The molecule has 0 radical (unpaired) electrons. The SMILES string of the molecule is Cn1ccc(-c2ccc(OC[C@@H]3CN(c4ccc(OC(F)(F)F)cc4Cl)C(=O)CO3)c3ncccc23)n1.